The summed E-state index contributed by atoms with van der Waals surface area (Å²) in [5, 5.41) is 12.9. The number of hydrogen-bond acceptors (Lipinski definition) is 5. The van der Waals surface area contributed by atoms with Crippen LogP contribution in [0.4, 0.5) is 0 Å². The first-order valence-corrected chi connectivity index (χ1v) is 13.8. The molecule has 0 aliphatic carbocycles. The van der Waals surface area contributed by atoms with Gasteiger partial charge in [0.15, 0.2) is 0 Å². The molecule has 0 aromatic carbocycles. The number of carbonyl (C=O) groups is 1. The molecule has 0 saturated carbocycles. The van der Waals surface area contributed by atoms with Crippen molar-refractivity contribution in [2.45, 2.75) is 77.4 Å². The number of rotatable bonds is 20. The maximum Gasteiger partial charge on any atom is 0.472 e. The van der Waals surface area contributed by atoms with E-state index in [-0.39, 0.29) is 19.1 Å². The molecule has 0 radical (unpaired) electrons. The normalized spacial score (nSPS) is 16.3. The number of likely N-dealkylation sites (N-methyl/N-ethyl adjacent to an activating group) is 1. The van der Waals surface area contributed by atoms with E-state index in [0.29, 0.717) is 11.0 Å². The van der Waals surface area contributed by atoms with Crippen molar-refractivity contribution >= 4 is 13.7 Å². The Morgan fingerprint density at radius 1 is 0.971 bits per heavy atom. The molecule has 0 saturated heterocycles. The fraction of sp³-hybridized carbons (Fsp3) is 0.720. The van der Waals surface area contributed by atoms with Crippen LogP contribution in [0.25, 0.3) is 0 Å². The summed E-state index contributed by atoms with van der Waals surface area (Å²) in [5.74, 6) is -0.373. The van der Waals surface area contributed by atoms with Crippen LogP contribution in [0.5, 0.6) is 0 Å². The number of aliphatic hydroxyl groups is 1. The van der Waals surface area contributed by atoms with E-state index in [1.54, 1.807) is 6.08 Å². The third kappa shape index (κ3) is 21.3. The lowest BCUT2D eigenvalue weighted by Gasteiger charge is -2.25. The Bertz CT molecular complexity index is 673. The summed E-state index contributed by atoms with van der Waals surface area (Å²) >= 11 is 0. The number of quaternary nitrogens is 1. The Labute approximate surface area is 206 Å². The Morgan fingerprint density at radius 2 is 1.53 bits per heavy atom. The zero-order valence-electron chi connectivity index (χ0n) is 21.8. The Hall–Kier alpha value is -1.28. The number of phosphoric acid groups is 1. The van der Waals surface area contributed by atoms with E-state index >= 15 is 0 Å². The van der Waals surface area contributed by atoms with Crippen molar-refractivity contribution in [3.63, 3.8) is 0 Å². The number of hydrogen-bond donors (Lipinski definition) is 3. The topological polar surface area (TPSA) is 105 Å². The van der Waals surface area contributed by atoms with Gasteiger partial charge in [-0.05, 0) is 38.5 Å². The van der Waals surface area contributed by atoms with E-state index < -0.39 is 20.0 Å². The molecule has 0 spiro atoms. The average molecular weight is 504 g/mol. The summed E-state index contributed by atoms with van der Waals surface area (Å²) in [6, 6.07) is -0.865. The fourth-order valence-corrected chi connectivity index (χ4v) is 3.60. The number of nitrogens with one attached hydrogen (secondary N) is 1. The van der Waals surface area contributed by atoms with Crippen molar-refractivity contribution in [1.82, 2.24) is 5.32 Å². The van der Waals surface area contributed by atoms with Gasteiger partial charge in [0, 0.05) is 6.92 Å². The molecule has 0 aliphatic heterocycles. The quantitative estimate of drug-likeness (QED) is 0.0978. The molecule has 34 heavy (non-hydrogen) atoms. The minimum absolute atomic E-state index is 0.0489. The summed E-state index contributed by atoms with van der Waals surface area (Å²) in [6.45, 7) is 3.74. The smallest absolute Gasteiger partial charge is 0.387 e. The number of aliphatic hydroxyl groups excluding tert-OH is 1. The van der Waals surface area contributed by atoms with Crippen LogP contribution in [-0.4, -0.2) is 73.4 Å². The molecule has 0 fully saturated rings. The highest BCUT2D eigenvalue weighted by molar-refractivity contribution is 7.47. The molecule has 0 bridgehead atoms. The zero-order chi connectivity index (χ0) is 25.9. The third-order valence-electron chi connectivity index (χ3n) is 4.88. The maximum absolute atomic E-state index is 12.1. The van der Waals surface area contributed by atoms with Gasteiger partial charge in [-0.1, -0.05) is 56.2 Å². The number of nitrogens with zero attached hydrogens (tertiary/aromatic N) is 1. The first kappa shape index (κ1) is 32.7. The minimum Gasteiger partial charge on any atom is -0.387 e. The lowest BCUT2D eigenvalue weighted by molar-refractivity contribution is -0.870. The van der Waals surface area contributed by atoms with Crippen molar-refractivity contribution in [1.29, 1.82) is 0 Å². The van der Waals surface area contributed by atoms with Crippen molar-refractivity contribution in [2.75, 3.05) is 40.9 Å². The van der Waals surface area contributed by atoms with Gasteiger partial charge in [-0.25, -0.2) is 4.57 Å². The first-order valence-electron chi connectivity index (χ1n) is 12.3. The first-order chi connectivity index (χ1) is 16.0. The Morgan fingerprint density at radius 3 is 2.06 bits per heavy atom. The number of unbranched alkanes of at least 4 members (excludes halogenated alkanes) is 5. The molecular formula is C25H48N2O6P+. The maximum atomic E-state index is 12.1. The second-order valence-electron chi connectivity index (χ2n) is 9.43. The number of amides is 1. The molecular weight excluding hydrogens is 455 g/mol. The summed E-state index contributed by atoms with van der Waals surface area (Å²) in [6.07, 6.45) is 19.7. The second-order valence-corrected chi connectivity index (χ2v) is 10.9. The molecule has 0 aromatic heterocycles. The highest BCUT2D eigenvalue weighted by Crippen LogP contribution is 2.43. The van der Waals surface area contributed by atoms with E-state index in [1.165, 1.54) is 26.2 Å². The molecule has 198 valence electrons. The van der Waals surface area contributed by atoms with Gasteiger partial charge >= 0.3 is 7.82 Å². The van der Waals surface area contributed by atoms with E-state index in [0.717, 1.165) is 32.1 Å². The van der Waals surface area contributed by atoms with Crippen LogP contribution < -0.4 is 5.32 Å². The molecule has 3 unspecified atom stereocenters. The Kier molecular flexibility index (Phi) is 18.3. The van der Waals surface area contributed by atoms with E-state index in [4.69, 9.17) is 9.05 Å². The van der Waals surface area contributed by atoms with Crippen LogP contribution >= 0.6 is 7.82 Å². The van der Waals surface area contributed by atoms with Crippen LogP contribution in [0.1, 0.15) is 65.2 Å². The molecule has 0 rings (SSSR count). The van der Waals surface area contributed by atoms with Crippen LogP contribution in [-0.2, 0) is 18.4 Å². The lowest BCUT2D eigenvalue weighted by Crippen LogP contribution is -2.44. The molecule has 1 amide bonds. The SMILES string of the molecule is CCCCC/C=C/CC/C=C/CC/C=C/C(O)C(COP(=O)(O)OCC[N+](C)(C)C)NC(C)=O. The average Bonchev–Trinajstić information content (AvgIpc) is 2.73. The van der Waals surface area contributed by atoms with Crippen molar-refractivity contribution < 1.29 is 32.9 Å². The molecule has 8 nitrogen and oxygen atoms in total. The Balaban J connectivity index is 4.34. The lowest BCUT2D eigenvalue weighted by atomic mass is 10.1. The number of phosphoric ester groups is 1. The highest BCUT2D eigenvalue weighted by atomic mass is 31.2. The van der Waals surface area contributed by atoms with Gasteiger partial charge in [-0.3, -0.25) is 13.8 Å². The molecule has 9 heteroatoms. The summed E-state index contributed by atoms with van der Waals surface area (Å²) < 4.78 is 22.6. The third-order valence-corrected chi connectivity index (χ3v) is 5.86. The van der Waals surface area contributed by atoms with E-state index in [9.17, 15) is 19.4 Å². The van der Waals surface area contributed by atoms with Gasteiger partial charge in [-0.15, -0.1) is 0 Å². The summed E-state index contributed by atoms with van der Waals surface area (Å²) in [5.41, 5.74) is 0. The zero-order valence-corrected chi connectivity index (χ0v) is 22.7. The van der Waals surface area contributed by atoms with Crippen LogP contribution in [0, 0.1) is 0 Å². The van der Waals surface area contributed by atoms with Gasteiger partial charge in [-0.2, -0.15) is 0 Å². The molecule has 0 aromatic rings. The van der Waals surface area contributed by atoms with Crippen LogP contribution in [0.15, 0.2) is 36.5 Å². The second kappa shape index (κ2) is 19.0. The van der Waals surface area contributed by atoms with E-state index in [2.05, 4.69) is 36.5 Å². The van der Waals surface area contributed by atoms with Crippen LogP contribution in [0.3, 0.4) is 0 Å². The van der Waals surface area contributed by atoms with Gasteiger partial charge in [0.05, 0.1) is 39.9 Å². The largest absolute Gasteiger partial charge is 0.472 e. The fourth-order valence-electron chi connectivity index (χ4n) is 2.87. The van der Waals surface area contributed by atoms with Crippen molar-refractivity contribution in [3.8, 4) is 0 Å². The van der Waals surface area contributed by atoms with Crippen LogP contribution in [0.2, 0.25) is 0 Å². The van der Waals surface area contributed by atoms with E-state index in [1.807, 2.05) is 27.2 Å². The van der Waals surface area contributed by atoms with Gasteiger partial charge < -0.3 is 19.8 Å². The highest BCUT2D eigenvalue weighted by Gasteiger charge is 2.27. The number of carbonyl (C=O) groups excluding carboxylic acids is 1. The molecule has 0 heterocycles. The van der Waals surface area contributed by atoms with Crippen molar-refractivity contribution in [3.05, 3.63) is 36.5 Å². The standard InChI is InChI=1S/C25H47N2O6P/c1-6-7-8-9-10-11-12-13-14-15-16-17-18-19-25(29)24(26-23(2)28)22-33-34(30,31)32-21-20-27(3,4)5/h10-11,14-15,18-19,24-25,29H,6-9,12-13,16-17,20-22H2,1-5H3,(H-,26,28,30,31)/p+1/b11-10+,15-14+,19-18+. The number of allylic oxidation sites excluding steroid dienone is 5. The predicted octanol–water partition coefficient (Wildman–Crippen LogP) is 4.50. The summed E-state index contributed by atoms with van der Waals surface area (Å²) in [7, 11) is 1.52. The van der Waals surface area contributed by atoms with Crippen molar-refractivity contribution in [2.24, 2.45) is 0 Å². The monoisotopic (exact) mass is 503 g/mol. The molecule has 3 atom stereocenters. The predicted molar refractivity (Wildman–Crippen MR) is 138 cm³/mol. The molecule has 0 aliphatic rings. The minimum atomic E-state index is -4.29. The molecule has 3 N–H and O–H groups in total. The van der Waals surface area contributed by atoms with Gasteiger partial charge in [0.1, 0.15) is 13.2 Å². The van der Waals surface area contributed by atoms with Gasteiger partial charge in [0.2, 0.25) is 5.91 Å². The summed E-state index contributed by atoms with van der Waals surface area (Å²) in [4.78, 5) is 21.3. The van der Waals surface area contributed by atoms with Gasteiger partial charge in [0.25, 0.3) is 0 Å².